The lowest BCUT2D eigenvalue weighted by molar-refractivity contribution is -0.111. The third-order valence-electron chi connectivity index (χ3n) is 4.57. The molecule has 4 heterocycles. The number of rotatable bonds is 4. The first-order valence-electron chi connectivity index (χ1n) is 8.17. The van der Waals surface area contributed by atoms with Gasteiger partial charge < -0.3 is 9.69 Å². The number of pyridine rings is 2. The maximum Gasteiger partial charge on any atom is 0.202 e. The molecule has 1 saturated heterocycles. The number of fused-ring (bicyclic) bond motifs is 1. The van der Waals surface area contributed by atoms with Crippen LogP contribution in [0.5, 0.6) is 0 Å². The summed E-state index contributed by atoms with van der Waals surface area (Å²) in [5.74, 6) is 0.449. The van der Waals surface area contributed by atoms with E-state index in [-0.39, 0.29) is 22.7 Å². The van der Waals surface area contributed by atoms with Crippen LogP contribution >= 0.6 is 11.3 Å². The largest absolute Gasteiger partial charge is 0.355 e. The average Bonchev–Trinajstić information content (AvgIpc) is 3.07. The van der Waals surface area contributed by atoms with Crippen molar-refractivity contribution >= 4 is 40.3 Å². The second-order valence-corrected chi connectivity index (χ2v) is 7.28. The van der Waals surface area contributed by atoms with Gasteiger partial charge in [-0.3, -0.25) is 14.2 Å². The molecule has 3 aromatic rings. The Hall–Kier alpha value is -2.87. The number of hydrogen-bond acceptors (Lipinski definition) is 7. The summed E-state index contributed by atoms with van der Waals surface area (Å²) >= 11 is 1.40. The molecule has 0 amide bonds. The zero-order valence-corrected chi connectivity index (χ0v) is 15.1. The first kappa shape index (κ1) is 16.6. The highest BCUT2D eigenvalue weighted by Gasteiger charge is 2.28. The Labute approximate surface area is 152 Å². The molecule has 0 spiro atoms. The van der Waals surface area contributed by atoms with Gasteiger partial charge >= 0.3 is 0 Å². The number of carbonyl (C=O) groups excluding carboxylic acids is 2. The molecule has 7 nitrogen and oxygen atoms in total. The quantitative estimate of drug-likeness (QED) is 0.517. The SMILES string of the molecule is CC(=O)c1cn(-c2nccs2)c2nc(N3CC(C=O)C3)cc(C)c2c1=O. The van der Waals surface area contributed by atoms with E-state index >= 15 is 0 Å². The van der Waals surface area contributed by atoms with Gasteiger partial charge in [0.2, 0.25) is 5.43 Å². The fourth-order valence-electron chi connectivity index (χ4n) is 3.16. The number of Topliss-reactive ketones (excluding diaryl/α,β-unsaturated/α-hetero) is 1. The van der Waals surface area contributed by atoms with Crippen LogP contribution < -0.4 is 10.3 Å². The van der Waals surface area contributed by atoms with Crippen molar-refractivity contribution in [1.82, 2.24) is 14.5 Å². The van der Waals surface area contributed by atoms with Gasteiger partial charge in [-0.1, -0.05) is 0 Å². The van der Waals surface area contributed by atoms with Crippen LogP contribution in [0.25, 0.3) is 16.2 Å². The number of hydrogen-bond donors (Lipinski definition) is 0. The van der Waals surface area contributed by atoms with E-state index in [2.05, 4.69) is 9.97 Å². The van der Waals surface area contributed by atoms with Gasteiger partial charge in [-0.25, -0.2) is 9.97 Å². The summed E-state index contributed by atoms with van der Waals surface area (Å²) in [7, 11) is 0. The van der Waals surface area contributed by atoms with E-state index in [1.165, 1.54) is 24.5 Å². The third-order valence-corrected chi connectivity index (χ3v) is 5.34. The molecule has 8 heteroatoms. The fraction of sp³-hybridized carbons (Fsp3) is 0.278. The number of anilines is 1. The van der Waals surface area contributed by atoms with Gasteiger partial charge in [0.25, 0.3) is 0 Å². The Bertz CT molecular complexity index is 1080. The lowest BCUT2D eigenvalue weighted by Crippen LogP contribution is -2.48. The molecule has 0 aliphatic carbocycles. The summed E-state index contributed by atoms with van der Waals surface area (Å²) in [4.78, 5) is 46.6. The van der Waals surface area contributed by atoms with Crippen LogP contribution in [0.2, 0.25) is 0 Å². The lowest BCUT2D eigenvalue weighted by Gasteiger charge is -2.37. The van der Waals surface area contributed by atoms with Gasteiger partial charge in [-0.05, 0) is 25.5 Å². The predicted molar refractivity (Wildman–Crippen MR) is 99.5 cm³/mol. The zero-order chi connectivity index (χ0) is 18.4. The van der Waals surface area contributed by atoms with Crippen LogP contribution in [0.15, 0.2) is 28.6 Å². The Morgan fingerprint density at radius 1 is 1.38 bits per heavy atom. The Balaban J connectivity index is 1.99. The van der Waals surface area contributed by atoms with Crippen LogP contribution in [0, 0.1) is 12.8 Å². The van der Waals surface area contributed by atoms with E-state index in [9.17, 15) is 14.4 Å². The molecule has 132 valence electrons. The van der Waals surface area contributed by atoms with Crippen molar-refractivity contribution in [3.63, 3.8) is 0 Å². The van der Waals surface area contributed by atoms with Crippen molar-refractivity contribution in [2.75, 3.05) is 18.0 Å². The van der Waals surface area contributed by atoms with Crippen LogP contribution in [0.3, 0.4) is 0 Å². The molecule has 0 radical (unpaired) electrons. The molecule has 0 unspecified atom stereocenters. The predicted octanol–water partition coefficient (Wildman–Crippen LogP) is 1.99. The van der Waals surface area contributed by atoms with E-state index in [1.807, 2.05) is 23.3 Å². The lowest BCUT2D eigenvalue weighted by atomic mass is 10.0. The topological polar surface area (TPSA) is 85.2 Å². The summed E-state index contributed by atoms with van der Waals surface area (Å²) in [5, 5.41) is 2.88. The average molecular weight is 368 g/mol. The highest BCUT2D eigenvalue weighted by Crippen LogP contribution is 2.27. The van der Waals surface area contributed by atoms with Crippen molar-refractivity contribution in [3.05, 3.63) is 45.2 Å². The Kier molecular flexibility index (Phi) is 3.91. The second-order valence-electron chi connectivity index (χ2n) is 6.41. The van der Waals surface area contributed by atoms with Crippen molar-refractivity contribution in [2.45, 2.75) is 13.8 Å². The monoisotopic (exact) mass is 368 g/mol. The number of aryl methyl sites for hydroxylation is 1. The first-order valence-corrected chi connectivity index (χ1v) is 9.05. The molecule has 0 N–H and O–H groups in total. The molecule has 0 atom stereocenters. The van der Waals surface area contributed by atoms with Gasteiger partial charge in [0.1, 0.15) is 12.1 Å². The molecule has 1 aliphatic rings. The molecule has 1 fully saturated rings. The second kappa shape index (κ2) is 6.14. The minimum atomic E-state index is -0.314. The van der Waals surface area contributed by atoms with Gasteiger partial charge in [0, 0.05) is 36.8 Å². The Morgan fingerprint density at radius 3 is 2.77 bits per heavy atom. The van der Waals surface area contributed by atoms with Gasteiger partial charge in [-0.2, -0.15) is 0 Å². The highest BCUT2D eigenvalue weighted by atomic mass is 32.1. The van der Waals surface area contributed by atoms with Crippen LogP contribution in [0.4, 0.5) is 5.82 Å². The molecule has 0 aromatic carbocycles. The Morgan fingerprint density at radius 2 is 2.15 bits per heavy atom. The zero-order valence-electron chi connectivity index (χ0n) is 14.3. The molecular weight excluding hydrogens is 352 g/mol. The standard InChI is InChI=1S/C18H16N4O3S/c1-10-5-14(21-6-12(7-21)9-23)20-17-15(10)16(25)13(11(2)24)8-22(17)18-19-3-4-26-18/h3-5,8-9,12H,6-7H2,1-2H3. The highest BCUT2D eigenvalue weighted by molar-refractivity contribution is 7.12. The summed E-state index contributed by atoms with van der Waals surface area (Å²) in [5.41, 5.74) is 1.03. The number of carbonyl (C=O) groups is 2. The molecule has 0 bridgehead atoms. The van der Waals surface area contributed by atoms with Crippen LogP contribution in [-0.2, 0) is 4.79 Å². The van der Waals surface area contributed by atoms with E-state index in [4.69, 9.17) is 0 Å². The van der Waals surface area contributed by atoms with E-state index in [1.54, 1.807) is 10.8 Å². The normalized spacial score (nSPS) is 14.5. The minimum Gasteiger partial charge on any atom is -0.355 e. The number of thiazole rings is 1. The number of aldehydes is 1. The van der Waals surface area contributed by atoms with Crippen molar-refractivity contribution in [1.29, 1.82) is 0 Å². The summed E-state index contributed by atoms with van der Waals surface area (Å²) in [6.45, 7) is 4.45. The first-order chi connectivity index (χ1) is 12.5. The van der Waals surface area contributed by atoms with Crippen molar-refractivity contribution in [2.24, 2.45) is 5.92 Å². The maximum absolute atomic E-state index is 12.8. The van der Waals surface area contributed by atoms with E-state index in [0.717, 1.165) is 11.8 Å². The molecular formula is C18H16N4O3S. The van der Waals surface area contributed by atoms with Crippen molar-refractivity contribution < 1.29 is 9.59 Å². The summed E-state index contributed by atoms with van der Waals surface area (Å²) < 4.78 is 1.70. The van der Waals surface area contributed by atoms with Crippen molar-refractivity contribution in [3.8, 4) is 5.13 Å². The van der Waals surface area contributed by atoms with Crippen LogP contribution in [-0.4, -0.2) is 39.7 Å². The van der Waals surface area contributed by atoms with E-state index in [0.29, 0.717) is 35.1 Å². The van der Waals surface area contributed by atoms with Gasteiger partial charge in [0.15, 0.2) is 16.6 Å². The summed E-state index contributed by atoms with van der Waals surface area (Å²) in [6.07, 6.45) is 4.14. The van der Waals surface area contributed by atoms with E-state index < -0.39 is 0 Å². The number of aromatic nitrogens is 3. The minimum absolute atomic E-state index is 0.0223. The van der Waals surface area contributed by atoms with Gasteiger partial charge in [0.05, 0.1) is 10.9 Å². The van der Waals surface area contributed by atoms with Crippen LogP contribution in [0.1, 0.15) is 22.8 Å². The summed E-state index contributed by atoms with van der Waals surface area (Å²) in [6, 6.07) is 1.83. The van der Waals surface area contributed by atoms with Gasteiger partial charge in [-0.15, -0.1) is 11.3 Å². The smallest absolute Gasteiger partial charge is 0.202 e. The number of nitrogens with zero attached hydrogens (tertiary/aromatic N) is 4. The molecule has 0 saturated carbocycles. The molecule has 1 aliphatic heterocycles. The fourth-order valence-corrected chi connectivity index (χ4v) is 3.77. The third kappa shape index (κ3) is 2.53. The molecule has 26 heavy (non-hydrogen) atoms. The maximum atomic E-state index is 12.8. The molecule has 3 aromatic heterocycles. The number of ketones is 1. The molecule has 4 rings (SSSR count).